The smallest absolute Gasteiger partial charge is 0.151 e. The largest absolute Gasteiger partial charge is 0.398 e. The summed E-state index contributed by atoms with van der Waals surface area (Å²) < 4.78 is 0.954. The van der Waals surface area contributed by atoms with Gasteiger partial charge in [0.1, 0.15) is 11.8 Å². The van der Waals surface area contributed by atoms with Gasteiger partial charge in [-0.15, -0.1) is 0 Å². The normalized spacial score (nSPS) is 10.5. The zero-order chi connectivity index (χ0) is 20.4. The lowest BCUT2D eigenvalue weighted by molar-refractivity contribution is 1.22. The van der Waals surface area contributed by atoms with E-state index in [1.54, 1.807) is 6.20 Å². The Kier molecular flexibility index (Phi) is 5.11. The van der Waals surface area contributed by atoms with Crippen molar-refractivity contribution in [3.05, 3.63) is 88.7 Å². The molecule has 0 unspecified atom stereocenters. The summed E-state index contributed by atoms with van der Waals surface area (Å²) in [6.45, 7) is 2.04. The lowest BCUT2D eigenvalue weighted by Crippen LogP contribution is -2.04. The molecule has 2 aromatic carbocycles. The number of rotatable bonds is 3. The molecule has 0 aliphatic rings. The second-order valence-corrected chi connectivity index (χ2v) is 7.59. The van der Waals surface area contributed by atoms with E-state index in [1.807, 2.05) is 73.7 Å². The van der Waals surface area contributed by atoms with Crippen molar-refractivity contribution in [2.24, 2.45) is 0 Å². The summed E-state index contributed by atoms with van der Waals surface area (Å²) in [5, 5.41) is 9.83. The van der Waals surface area contributed by atoms with E-state index in [2.05, 4.69) is 27.0 Å². The first-order chi connectivity index (χ1) is 14.1. The lowest BCUT2D eigenvalue weighted by Gasteiger charge is -2.17. The molecule has 0 aliphatic carbocycles. The summed E-state index contributed by atoms with van der Waals surface area (Å²) in [4.78, 5) is 9.15. The number of anilines is 1. The lowest BCUT2D eigenvalue weighted by atomic mass is 9.92. The minimum atomic E-state index is 0.279. The van der Waals surface area contributed by atoms with Gasteiger partial charge in [-0.2, -0.15) is 5.26 Å². The number of pyridine rings is 2. The highest BCUT2D eigenvalue weighted by Gasteiger charge is 2.22. The first kappa shape index (κ1) is 18.9. The van der Waals surface area contributed by atoms with E-state index in [-0.39, 0.29) is 5.69 Å². The van der Waals surface area contributed by atoms with E-state index >= 15 is 0 Å². The molecule has 0 radical (unpaired) electrons. The van der Waals surface area contributed by atoms with Crippen LogP contribution in [0.15, 0.2) is 77.4 Å². The van der Waals surface area contributed by atoms with E-state index in [4.69, 9.17) is 10.7 Å². The van der Waals surface area contributed by atoms with Gasteiger partial charge in [0.2, 0.25) is 0 Å². The van der Waals surface area contributed by atoms with Gasteiger partial charge in [0.25, 0.3) is 0 Å². The molecule has 5 heteroatoms. The minimum absolute atomic E-state index is 0.279. The van der Waals surface area contributed by atoms with Crippen LogP contribution in [0.5, 0.6) is 0 Å². The Morgan fingerprint density at radius 1 is 0.897 bits per heavy atom. The van der Waals surface area contributed by atoms with Crippen molar-refractivity contribution in [3.8, 4) is 39.7 Å². The molecule has 2 aromatic heterocycles. The topological polar surface area (TPSA) is 75.6 Å². The Hall–Kier alpha value is -3.49. The molecule has 4 nitrogen and oxygen atoms in total. The van der Waals surface area contributed by atoms with Crippen molar-refractivity contribution in [2.75, 3.05) is 5.73 Å². The van der Waals surface area contributed by atoms with E-state index in [9.17, 15) is 5.26 Å². The molecule has 29 heavy (non-hydrogen) atoms. The molecule has 0 saturated heterocycles. The number of aromatic nitrogens is 2. The molecule has 0 aliphatic heterocycles. The zero-order valence-corrected chi connectivity index (χ0v) is 17.3. The van der Waals surface area contributed by atoms with Crippen LogP contribution in [-0.4, -0.2) is 9.97 Å². The standard InChI is InChI=1S/C24H17BrN4/c1-15-5-7-17(8-6-15)22-23(27)21(16-9-11-18(25)12-10-16)20(14-26)29-24(22)19-4-2-3-13-28-19/h2-13H,1H3,(H2,27,29). The van der Waals surface area contributed by atoms with Gasteiger partial charge < -0.3 is 5.73 Å². The fraction of sp³-hybridized carbons (Fsp3) is 0.0417. The third-order valence-corrected chi connectivity index (χ3v) is 5.25. The Bertz CT molecular complexity index is 1210. The van der Waals surface area contributed by atoms with Crippen LogP contribution in [0, 0.1) is 18.3 Å². The molecular formula is C24H17BrN4. The van der Waals surface area contributed by atoms with Crippen LogP contribution in [0.2, 0.25) is 0 Å². The Labute approximate surface area is 177 Å². The molecule has 0 fully saturated rings. The molecule has 2 heterocycles. The number of nitrogen functional groups attached to an aromatic ring is 1. The van der Waals surface area contributed by atoms with E-state index in [0.29, 0.717) is 22.6 Å². The van der Waals surface area contributed by atoms with Gasteiger partial charge in [-0.05, 0) is 42.3 Å². The third-order valence-electron chi connectivity index (χ3n) is 4.72. The number of halogens is 1. The Morgan fingerprint density at radius 3 is 2.17 bits per heavy atom. The second kappa shape index (κ2) is 7.86. The van der Waals surface area contributed by atoms with Gasteiger partial charge in [0, 0.05) is 21.8 Å². The Morgan fingerprint density at radius 2 is 1.55 bits per heavy atom. The number of hydrogen-bond donors (Lipinski definition) is 1. The average molecular weight is 441 g/mol. The van der Waals surface area contributed by atoms with Crippen molar-refractivity contribution >= 4 is 21.6 Å². The molecule has 0 bridgehead atoms. The van der Waals surface area contributed by atoms with Gasteiger partial charge in [0.05, 0.1) is 11.4 Å². The van der Waals surface area contributed by atoms with Crippen molar-refractivity contribution in [2.45, 2.75) is 6.92 Å². The predicted octanol–water partition coefficient (Wildman–Crippen LogP) is 6.00. The molecule has 4 rings (SSSR count). The highest BCUT2D eigenvalue weighted by atomic mass is 79.9. The zero-order valence-electron chi connectivity index (χ0n) is 15.7. The van der Waals surface area contributed by atoms with Gasteiger partial charge >= 0.3 is 0 Å². The number of aryl methyl sites for hydroxylation is 1. The maximum atomic E-state index is 9.83. The summed E-state index contributed by atoms with van der Waals surface area (Å²) in [6, 6.07) is 23.7. The molecule has 0 spiro atoms. The van der Waals surface area contributed by atoms with E-state index < -0.39 is 0 Å². The number of benzene rings is 2. The van der Waals surface area contributed by atoms with Crippen LogP contribution < -0.4 is 5.73 Å². The van der Waals surface area contributed by atoms with Crippen LogP contribution in [-0.2, 0) is 0 Å². The molecule has 140 valence electrons. The average Bonchev–Trinajstić information content (AvgIpc) is 2.75. The minimum Gasteiger partial charge on any atom is -0.398 e. The SMILES string of the molecule is Cc1ccc(-c2c(-c3ccccn3)nc(C#N)c(-c3ccc(Br)cc3)c2N)cc1. The predicted molar refractivity (Wildman–Crippen MR) is 120 cm³/mol. The maximum absolute atomic E-state index is 9.83. The number of nitrogens with zero attached hydrogens (tertiary/aromatic N) is 3. The van der Waals surface area contributed by atoms with E-state index in [1.165, 1.54) is 0 Å². The van der Waals surface area contributed by atoms with Gasteiger partial charge in [0.15, 0.2) is 5.69 Å². The highest BCUT2D eigenvalue weighted by Crippen LogP contribution is 2.42. The summed E-state index contributed by atoms with van der Waals surface area (Å²) in [6.07, 6.45) is 1.71. The summed E-state index contributed by atoms with van der Waals surface area (Å²) in [5.74, 6) is 0. The van der Waals surface area contributed by atoms with Crippen molar-refractivity contribution in [3.63, 3.8) is 0 Å². The number of nitrogens with two attached hydrogens (primary N) is 1. The van der Waals surface area contributed by atoms with Crippen LogP contribution in [0.4, 0.5) is 5.69 Å². The van der Waals surface area contributed by atoms with Crippen LogP contribution in [0.1, 0.15) is 11.3 Å². The first-order valence-corrected chi connectivity index (χ1v) is 9.85. The number of hydrogen-bond acceptors (Lipinski definition) is 4. The van der Waals surface area contributed by atoms with Crippen LogP contribution in [0.25, 0.3) is 33.6 Å². The van der Waals surface area contributed by atoms with Crippen molar-refractivity contribution in [1.82, 2.24) is 9.97 Å². The van der Waals surface area contributed by atoms with Gasteiger partial charge in [-0.3, -0.25) is 4.98 Å². The monoisotopic (exact) mass is 440 g/mol. The van der Waals surface area contributed by atoms with Crippen molar-refractivity contribution < 1.29 is 0 Å². The summed E-state index contributed by atoms with van der Waals surface area (Å²) in [5.41, 5.74) is 13.1. The molecule has 4 aromatic rings. The summed E-state index contributed by atoms with van der Waals surface area (Å²) >= 11 is 3.45. The Balaban J connectivity index is 2.07. The maximum Gasteiger partial charge on any atom is 0.151 e. The second-order valence-electron chi connectivity index (χ2n) is 6.67. The van der Waals surface area contributed by atoms with Crippen molar-refractivity contribution in [1.29, 1.82) is 5.26 Å². The van der Waals surface area contributed by atoms with Gasteiger partial charge in [-0.25, -0.2) is 4.98 Å². The molecule has 0 amide bonds. The number of nitriles is 1. The molecular weight excluding hydrogens is 424 g/mol. The van der Waals surface area contributed by atoms with Crippen LogP contribution in [0.3, 0.4) is 0 Å². The summed E-state index contributed by atoms with van der Waals surface area (Å²) in [7, 11) is 0. The molecule has 0 saturated carbocycles. The van der Waals surface area contributed by atoms with E-state index in [0.717, 1.165) is 26.7 Å². The highest BCUT2D eigenvalue weighted by molar-refractivity contribution is 9.10. The van der Waals surface area contributed by atoms with Crippen LogP contribution >= 0.6 is 15.9 Å². The molecule has 2 N–H and O–H groups in total. The van der Waals surface area contributed by atoms with Gasteiger partial charge in [-0.1, -0.05) is 64.0 Å². The fourth-order valence-electron chi connectivity index (χ4n) is 3.29. The molecule has 0 atom stereocenters. The third kappa shape index (κ3) is 3.63. The fourth-order valence-corrected chi connectivity index (χ4v) is 3.56. The first-order valence-electron chi connectivity index (χ1n) is 9.06. The quantitative estimate of drug-likeness (QED) is 0.423.